The molecule has 100 valence electrons. The van der Waals surface area contributed by atoms with Crippen LogP contribution >= 0.6 is 0 Å². The van der Waals surface area contributed by atoms with Crippen molar-refractivity contribution in [1.82, 2.24) is 15.0 Å². The molecule has 0 aliphatic rings. The summed E-state index contributed by atoms with van der Waals surface area (Å²) in [6.07, 6.45) is 2.80. The van der Waals surface area contributed by atoms with Crippen LogP contribution in [0.25, 0.3) is 0 Å². The molecule has 0 unspecified atom stereocenters. The zero-order valence-electron chi connectivity index (χ0n) is 9.80. The third-order valence-corrected chi connectivity index (χ3v) is 3.50. The lowest BCUT2D eigenvalue weighted by Crippen LogP contribution is -2.33. The zero-order chi connectivity index (χ0) is 13.4. The summed E-state index contributed by atoms with van der Waals surface area (Å²) in [5.41, 5.74) is 5.22. The molecule has 0 spiro atoms. The second kappa shape index (κ2) is 7.04. The Kier molecular flexibility index (Phi) is 5.69. The minimum absolute atomic E-state index is 0.0353. The molecule has 0 aliphatic carbocycles. The molecule has 1 aromatic rings. The van der Waals surface area contributed by atoms with Gasteiger partial charge in [0.25, 0.3) is 0 Å². The van der Waals surface area contributed by atoms with Crippen molar-refractivity contribution < 1.29 is 13.2 Å². The highest BCUT2D eigenvalue weighted by Gasteiger charge is 2.13. The van der Waals surface area contributed by atoms with E-state index in [1.165, 1.54) is 24.5 Å². The highest BCUT2D eigenvalue weighted by Crippen LogP contribution is 2.04. The van der Waals surface area contributed by atoms with E-state index < -0.39 is 10.0 Å². The third kappa shape index (κ3) is 4.78. The molecule has 8 heteroatoms. The second-order valence-corrected chi connectivity index (χ2v) is 5.24. The Labute approximate surface area is 106 Å². The Morgan fingerprint density at radius 2 is 2.17 bits per heavy atom. The van der Waals surface area contributed by atoms with Crippen molar-refractivity contribution in [3.05, 3.63) is 24.5 Å². The van der Waals surface area contributed by atoms with Crippen molar-refractivity contribution >= 4 is 15.9 Å². The second-order valence-electron chi connectivity index (χ2n) is 3.48. The summed E-state index contributed by atoms with van der Waals surface area (Å²) in [4.78, 5) is 15.0. The van der Waals surface area contributed by atoms with E-state index in [1.54, 1.807) is 0 Å². The summed E-state index contributed by atoms with van der Waals surface area (Å²) in [6, 6.07) is 2.96. The number of aromatic nitrogens is 1. The number of nitrogens with one attached hydrogen (secondary N) is 2. The van der Waals surface area contributed by atoms with E-state index in [2.05, 4.69) is 15.0 Å². The SMILES string of the molecule is NCCNC(=O)CCNS(=O)(=O)c1cccnc1. The number of amides is 1. The number of rotatable bonds is 7. The molecule has 0 saturated carbocycles. The molecule has 4 N–H and O–H groups in total. The lowest BCUT2D eigenvalue weighted by molar-refractivity contribution is -0.120. The fraction of sp³-hybridized carbons (Fsp3) is 0.400. The number of carbonyl (C=O) groups excluding carboxylic acids is 1. The van der Waals surface area contributed by atoms with Gasteiger partial charge in [0.2, 0.25) is 15.9 Å². The first-order chi connectivity index (χ1) is 8.56. The Balaban J connectivity index is 2.42. The highest BCUT2D eigenvalue weighted by atomic mass is 32.2. The first-order valence-corrected chi connectivity index (χ1v) is 6.91. The Morgan fingerprint density at radius 3 is 2.78 bits per heavy atom. The van der Waals surface area contributed by atoms with E-state index in [0.29, 0.717) is 13.1 Å². The number of sulfonamides is 1. The summed E-state index contributed by atoms with van der Waals surface area (Å²) in [6.45, 7) is 0.773. The number of hydrogen-bond acceptors (Lipinski definition) is 5. The van der Waals surface area contributed by atoms with E-state index in [-0.39, 0.29) is 23.8 Å². The zero-order valence-corrected chi connectivity index (χ0v) is 10.6. The normalized spacial score (nSPS) is 11.2. The van der Waals surface area contributed by atoms with Crippen LogP contribution in [0, 0.1) is 0 Å². The van der Waals surface area contributed by atoms with Crippen LogP contribution in [0.5, 0.6) is 0 Å². The van der Waals surface area contributed by atoms with Gasteiger partial charge in [-0.2, -0.15) is 0 Å². The third-order valence-electron chi connectivity index (χ3n) is 2.06. The molecule has 0 aliphatic heterocycles. The predicted molar refractivity (Wildman–Crippen MR) is 66.1 cm³/mol. The van der Waals surface area contributed by atoms with Crippen LogP contribution < -0.4 is 15.8 Å². The minimum atomic E-state index is -3.59. The van der Waals surface area contributed by atoms with Crippen LogP contribution in [0.15, 0.2) is 29.4 Å². The molecule has 0 fully saturated rings. The fourth-order valence-electron chi connectivity index (χ4n) is 1.19. The average molecular weight is 272 g/mol. The molecule has 1 rings (SSSR count). The van der Waals surface area contributed by atoms with Crippen molar-refractivity contribution in [2.24, 2.45) is 5.73 Å². The smallest absolute Gasteiger partial charge is 0.242 e. The lowest BCUT2D eigenvalue weighted by Gasteiger charge is -2.06. The van der Waals surface area contributed by atoms with Gasteiger partial charge in [-0.3, -0.25) is 9.78 Å². The number of nitrogens with two attached hydrogens (primary N) is 1. The lowest BCUT2D eigenvalue weighted by atomic mass is 10.4. The van der Waals surface area contributed by atoms with Crippen molar-refractivity contribution in [3.63, 3.8) is 0 Å². The standard InChI is InChI=1S/C10H16N4O3S/c11-4-7-13-10(15)3-6-14-18(16,17)9-2-1-5-12-8-9/h1-2,5,8,14H,3-4,6-7,11H2,(H,13,15). The molecule has 1 amide bonds. The molecule has 1 heterocycles. The topological polar surface area (TPSA) is 114 Å². The first kappa shape index (κ1) is 14.6. The highest BCUT2D eigenvalue weighted by molar-refractivity contribution is 7.89. The van der Waals surface area contributed by atoms with E-state index >= 15 is 0 Å². The van der Waals surface area contributed by atoms with Gasteiger partial charge in [-0.05, 0) is 12.1 Å². The van der Waals surface area contributed by atoms with Crippen molar-refractivity contribution in [2.45, 2.75) is 11.3 Å². The van der Waals surface area contributed by atoms with Crippen LogP contribution in [0.3, 0.4) is 0 Å². The van der Waals surface area contributed by atoms with Crippen molar-refractivity contribution in [3.8, 4) is 0 Å². The molecule has 0 bridgehead atoms. The van der Waals surface area contributed by atoms with Crippen LogP contribution in [-0.4, -0.2) is 38.9 Å². The monoisotopic (exact) mass is 272 g/mol. The summed E-state index contributed by atoms with van der Waals surface area (Å²) in [5, 5.41) is 2.55. The molecule has 7 nitrogen and oxygen atoms in total. The van der Waals surface area contributed by atoms with Gasteiger partial charge in [-0.25, -0.2) is 13.1 Å². The van der Waals surface area contributed by atoms with Gasteiger partial charge < -0.3 is 11.1 Å². The van der Waals surface area contributed by atoms with Gasteiger partial charge in [0.15, 0.2) is 0 Å². The summed E-state index contributed by atoms with van der Waals surface area (Å²) in [5.74, 6) is -0.241. The Morgan fingerprint density at radius 1 is 1.39 bits per heavy atom. The fourth-order valence-corrected chi connectivity index (χ4v) is 2.18. The summed E-state index contributed by atoms with van der Waals surface area (Å²) < 4.78 is 25.8. The van der Waals surface area contributed by atoms with Gasteiger partial charge in [0.05, 0.1) is 0 Å². The number of hydrogen-bond donors (Lipinski definition) is 3. The number of pyridine rings is 1. The molecule has 0 atom stereocenters. The van der Waals surface area contributed by atoms with Gasteiger partial charge in [0, 0.05) is 38.4 Å². The van der Waals surface area contributed by atoms with Crippen LogP contribution in [0.2, 0.25) is 0 Å². The average Bonchev–Trinajstić information content (AvgIpc) is 2.37. The van der Waals surface area contributed by atoms with E-state index in [1.807, 2.05) is 0 Å². The van der Waals surface area contributed by atoms with E-state index in [0.717, 1.165) is 0 Å². The quantitative estimate of drug-likeness (QED) is 0.578. The van der Waals surface area contributed by atoms with Crippen molar-refractivity contribution in [1.29, 1.82) is 0 Å². The summed E-state index contributed by atoms with van der Waals surface area (Å²) in [7, 11) is -3.59. The number of carbonyl (C=O) groups is 1. The Hall–Kier alpha value is -1.51. The molecule has 0 saturated heterocycles. The van der Waals surface area contributed by atoms with Crippen molar-refractivity contribution in [2.75, 3.05) is 19.6 Å². The molecule has 0 radical (unpaired) electrons. The van der Waals surface area contributed by atoms with Gasteiger partial charge in [0.1, 0.15) is 4.90 Å². The maximum absolute atomic E-state index is 11.7. The summed E-state index contributed by atoms with van der Waals surface area (Å²) >= 11 is 0. The number of nitrogens with zero attached hydrogens (tertiary/aromatic N) is 1. The van der Waals surface area contributed by atoms with E-state index in [9.17, 15) is 13.2 Å². The maximum atomic E-state index is 11.7. The van der Waals surface area contributed by atoms with Crippen LogP contribution in [-0.2, 0) is 14.8 Å². The molecule has 18 heavy (non-hydrogen) atoms. The predicted octanol–water partition coefficient (Wildman–Crippen LogP) is -1.18. The maximum Gasteiger partial charge on any atom is 0.242 e. The first-order valence-electron chi connectivity index (χ1n) is 5.43. The van der Waals surface area contributed by atoms with Gasteiger partial charge in [-0.1, -0.05) is 0 Å². The molecule has 1 aromatic heterocycles. The van der Waals surface area contributed by atoms with Gasteiger partial charge in [-0.15, -0.1) is 0 Å². The Bertz CT molecular complexity index is 475. The minimum Gasteiger partial charge on any atom is -0.355 e. The molecular formula is C10H16N4O3S. The van der Waals surface area contributed by atoms with Gasteiger partial charge >= 0.3 is 0 Å². The molecular weight excluding hydrogens is 256 g/mol. The van der Waals surface area contributed by atoms with Crippen LogP contribution in [0.1, 0.15) is 6.42 Å². The van der Waals surface area contributed by atoms with E-state index in [4.69, 9.17) is 5.73 Å². The molecule has 0 aromatic carbocycles. The van der Waals surface area contributed by atoms with Crippen LogP contribution in [0.4, 0.5) is 0 Å². The largest absolute Gasteiger partial charge is 0.355 e.